The summed E-state index contributed by atoms with van der Waals surface area (Å²) in [6.45, 7) is 3.16. The molecule has 1 N–H and O–H groups in total. The minimum atomic E-state index is -0.583. The van der Waals surface area contributed by atoms with Gasteiger partial charge in [0, 0.05) is 18.8 Å². The maximum absolute atomic E-state index is 12.5. The first-order chi connectivity index (χ1) is 11.7. The maximum atomic E-state index is 12.5. The van der Waals surface area contributed by atoms with E-state index in [0.29, 0.717) is 19.5 Å². The van der Waals surface area contributed by atoms with E-state index in [4.69, 9.17) is 0 Å². The van der Waals surface area contributed by atoms with E-state index in [2.05, 4.69) is 24.4 Å². The molecule has 0 radical (unpaired) electrons. The van der Waals surface area contributed by atoms with Crippen LogP contribution in [0.2, 0.25) is 0 Å². The maximum Gasteiger partial charge on any atom is 0.239 e. The molecule has 1 fully saturated rings. The topological polar surface area (TPSA) is 49.4 Å². The Morgan fingerprint density at radius 1 is 1.08 bits per heavy atom. The lowest BCUT2D eigenvalue weighted by Gasteiger charge is -2.16. The van der Waals surface area contributed by atoms with Crippen LogP contribution in [0, 0.1) is 5.92 Å². The van der Waals surface area contributed by atoms with E-state index in [9.17, 15) is 9.59 Å². The zero-order chi connectivity index (χ0) is 16.9. The molecule has 24 heavy (non-hydrogen) atoms. The summed E-state index contributed by atoms with van der Waals surface area (Å²) in [5.41, 5.74) is 3.17. The first kappa shape index (κ1) is 16.2. The van der Waals surface area contributed by atoms with Crippen molar-refractivity contribution in [3.05, 3.63) is 65.7 Å². The second-order valence-corrected chi connectivity index (χ2v) is 6.05. The minimum absolute atomic E-state index is 0.111. The van der Waals surface area contributed by atoms with E-state index < -0.39 is 5.92 Å². The average molecular weight is 322 g/mol. The summed E-state index contributed by atoms with van der Waals surface area (Å²) in [5.74, 6) is -0.877. The summed E-state index contributed by atoms with van der Waals surface area (Å²) >= 11 is 0. The van der Waals surface area contributed by atoms with E-state index in [1.54, 1.807) is 4.90 Å². The molecular formula is C20H22N2O2. The molecule has 4 nitrogen and oxygen atoms in total. The number of carbonyl (C=O) groups is 2. The van der Waals surface area contributed by atoms with Crippen LogP contribution in [0.4, 0.5) is 5.69 Å². The van der Waals surface area contributed by atoms with Gasteiger partial charge in [0.1, 0.15) is 5.92 Å². The van der Waals surface area contributed by atoms with E-state index in [1.165, 1.54) is 5.56 Å². The van der Waals surface area contributed by atoms with Crippen LogP contribution in [0.15, 0.2) is 54.6 Å². The quantitative estimate of drug-likeness (QED) is 0.861. The number of benzene rings is 2. The lowest BCUT2D eigenvalue weighted by molar-refractivity contribution is -0.132. The highest BCUT2D eigenvalue weighted by Gasteiger charge is 2.37. The molecule has 0 spiro atoms. The number of hydrogen-bond donors (Lipinski definition) is 1. The zero-order valence-electron chi connectivity index (χ0n) is 13.9. The Bertz CT molecular complexity index is 710. The van der Waals surface area contributed by atoms with Gasteiger partial charge < -0.3 is 10.2 Å². The fourth-order valence-corrected chi connectivity index (χ4v) is 2.99. The van der Waals surface area contributed by atoms with E-state index in [-0.39, 0.29) is 11.8 Å². The van der Waals surface area contributed by atoms with Crippen molar-refractivity contribution in [3.63, 3.8) is 0 Å². The molecule has 0 aromatic heterocycles. The smallest absolute Gasteiger partial charge is 0.239 e. The van der Waals surface area contributed by atoms with Crippen molar-refractivity contribution in [2.75, 3.05) is 11.4 Å². The molecule has 1 atom stereocenters. The molecule has 2 aromatic rings. The molecule has 0 saturated carbocycles. The molecule has 1 aliphatic rings. The van der Waals surface area contributed by atoms with Crippen LogP contribution < -0.4 is 10.2 Å². The van der Waals surface area contributed by atoms with Crippen molar-refractivity contribution < 1.29 is 9.59 Å². The molecule has 3 rings (SSSR count). The number of carbonyl (C=O) groups excluding carboxylic acids is 2. The highest BCUT2D eigenvalue weighted by Crippen LogP contribution is 2.25. The number of rotatable bonds is 5. The molecule has 1 saturated heterocycles. The van der Waals surface area contributed by atoms with Crippen LogP contribution in [-0.4, -0.2) is 18.4 Å². The van der Waals surface area contributed by atoms with Gasteiger partial charge in [-0.25, -0.2) is 0 Å². The van der Waals surface area contributed by atoms with Crippen LogP contribution >= 0.6 is 0 Å². The molecule has 1 heterocycles. The van der Waals surface area contributed by atoms with Crippen LogP contribution in [0.25, 0.3) is 0 Å². The molecular weight excluding hydrogens is 300 g/mol. The summed E-state index contributed by atoms with van der Waals surface area (Å²) in [6, 6.07) is 17.7. The standard InChI is InChI=1S/C20H22N2O2/c1-2-15-8-10-16(11-9-15)14-21-19(23)18-12-13-22(20(18)24)17-6-4-3-5-7-17/h3-11,18H,2,12-14H2,1H3,(H,21,23). The largest absolute Gasteiger partial charge is 0.351 e. The van der Waals surface area contributed by atoms with Gasteiger partial charge >= 0.3 is 0 Å². The molecule has 0 aliphatic carbocycles. The van der Waals surface area contributed by atoms with Gasteiger partial charge in [0.05, 0.1) is 0 Å². The van der Waals surface area contributed by atoms with Gasteiger partial charge in [-0.2, -0.15) is 0 Å². The van der Waals surface area contributed by atoms with Gasteiger partial charge in [0.2, 0.25) is 11.8 Å². The normalized spacial score (nSPS) is 17.1. The predicted molar refractivity (Wildman–Crippen MR) is 94.6 cm³/mol. The highest BCUT2D eigenvalue weighted by atomic mass is 16.2. The number of para-hydroxylation sites is 1. The first-order valence-corrected chi connectivity index (χ1v) is 8.41. The number of hydrogen-bond acceptors (Lipinski definition) is 2. The molecule has 4 heteroatoms. The minimum Gasteiger partial charge on any atom is -0.351 e. The first-order valence-electron chi connectivity index (χ1n) is 8.41. The average Bonchev–Trinajstić information content (AvgIpc) is 3.02. The van der Waals surface area contributed by atoms with Gasteiger partial charge in [-0.05, 0) is 36.1 Å². The molecule has 2 amide bonds. The molecule has 1 aliphatic heterocycles. The van der Waals surface area contributed by atoms with E-state index in [1.807, 2.05) is 42.5 Å². The van der Waals surface area contributed by atoms with Gasteiger partial charge in [-0.1, -0.05) is 49.4 Å². The number of nitrogens with zero attached hydrogens (tertiary/aromatic N) is 1. The van der Waals surface area contributed by atoms with Gasteiger partial charge in [0.15, 0.2) is 0 Å². The Balaban J connectivity index is 1.58. The van der Waals surface area contributed by atoms with Crippen LogP contribution in [0.3, 0.4) is 0 Å². The van der Waals surface area contributed by atoms with Gasteiger partial charge in [-0.3, -0.25) is 9.59 Å². The summed E-state index contributed by atoms with van der Waals surface area (Å²) in [5, 5.41) is 2.89. The molecule has 1 unspecified atom stereocenters. The van der Waals surface area contributed by atoms with E-state index in [0.717, 1.165) is 17.7 Å². The fourth-order valence-electron chi connectivity index (χ4n) is 2.99. The summed E-state index contributed by atoms with van der Waals surface area (Å²) in [4.78, 5) is 26.6. The third-order valence-electron chi connectivity index (χ3n) is 4.49. The highest BCUT2D eigenvalue weighted by molar-refractivity contribution is 6.09. The lowest BCUT2D eigenvalue weighted by Crippen LogP contribution is -2.36. The Morgan fingerprint density at radius 3 is 2.42 bits per heavy atom. The van der Waals surface area contributed by atoms with Crippen molar-refractivity contribution in [1.82, 2.24) is 5.32 Å². The lowest BCUT2D eigenvalue weighted by atomic mass is 10.1. The molecule has 124 valence electrons. The molecule has 0 bridgehead atoms. The van der Waals surface area contributed by atoms with Crippen molar-refractivity contribution in [2.24, 2.45) is 5.92 Å². The summed E-state index contributed by atoms with van der Waals surface area (Å²) in [6.07, 6.45) is 1.56. The predicted octanol–water partition coefficient (Wildman–Crippen LogP) is 2.92. The van der Waals surface area contributed by atoms with Crippen molar-refractivity contribution in [1.29, 1.82) is 0 Å². The monoisotopic (exact) mass is 322 g/mol. The molecule has 2 aromatic carbocycles. The Hall–Kier alpha value is -2.62. The summed E-state index contributed by atoms with van der Waals surface area (Å²) in [7, 11) is 0. The summed E-state index contributed by atoms with van der Waals surface area (Å²) < 4.78 is 0. The third kappa shape index (κ3) is 3.48. The van der Waals surface area contributed by atoms with E-state index >= 15 is 0 Å². The zero-order valence-corrected chi connectivity index (χ0v) is 13.9. The van der Waals surface area contributed by atoms with Crippen LogP contribution in [0.1, 0.15) is 24.5 Å². The number of anilines is 1. The SMILES string of the molecule is CCc1ccc(CNC(=O)C2CCN(c3ccccc3)C2=O)cc1. The van der Waals surface area contributed by atoms with Gasteiger partial charge in [0.25, 0.3) is 0 Å². The third-order valence-corrected chi connectivity index (χ3v) is 4.49. The number of amides is 2. The Kier molecular flexibility index (Phi) is 4.94. The van der Waals surface area contributed by atoms with Crippen molar-refractivity contribution >= 4 is 17.5 Å². The Morgan fingerprint density at radius 2 is 1.75 bits per heavy atom. The van der Waals surface area contributed by atoms with Gasteiger partial charge in [-0.15, -0.1) is 0 Å². The fraction of sp³-hybridized carbons (Fsp3) is 0.300. The second-order valence-electron chi connectivity index (χ2n) is 6.05. The Labute approximate surface area is 142 Å². The number of nitrogens with one attached hydrogen (secondary N) is 1. The van der Waals surface area contributed by atoms with Crippen LogP contribution in [-0.2, 0) is 22.6 Å². The van der Waals surface area contributed by atoms with Crippen LogP contribution in [0.5, 0.6) is 0 Å². The second kappa shape index (κ2) is 7.30. The number of aryl methyl sites for hydroxylation is 1. The van der Waals surface area contributed by atoms with Crippen molar-refractivity contribution in [3.8, 4) is 0 Å². The van der Waals surface area contributed by atoms with Crippen molar-refractivity contribution in [2.45, 2.75) is 26.3 Å².